The third kappa shape index (κ3) is 4.36. The number of aliphatic hydroxyl groups is 1. The zero-order chi connectivity index (χ0) is 13.6. The van der Waals surface area contributed by atoms with Crippen LogP contribution in [0.5, 0.6) is 0 Å². The van der Waals surface area contributed by atoms with E-state index in [1.165, 1.54) is 6.07 Å². The molecular weight excluding hydrogens is 326 g/mol. The number of hydrogen-bond acceptors (Lipinski definition) is 5. The molecule has 1 heterocycles. The van der Waals surface area contributed by atoms with Gasteiger partial charge >= 0.3 is 0 Å². The molecule has 6 nitrogen and oxygen atoms in total. The number of sulfonamides is 1. The molecule has 0 saturated carbocycles. The van der Waals surface area contributed by atoms with Crippen LogP contribution in [0.25, 0.3) is 0 Å². The molecule has 0 unspecified atom stereocenters. The first kappa shape index (κ1) is 15.6. The second kappa shape index (κ2) is 7.25. The summed E-state index contributed by atoms with van der Waals surface area (Å²) >= 11 is 3.01. The lowest BCUT2D eigenvalue weighted by atomic mass is 10.3. The molecule has 0 aromatic carbocycles. The lowest BCUT2D eigenvalue weighted by molar-refractivity contribution is 0.193. The van der Waals surface area contributed by atoms with Crippen molar-refractivity contribution in [3.8, 4) is 0 Å². The van der Waals surface area contributed by atoms with Crippen LogP contribution in [0.4, 0.5) is 0 Å². The van der Waals surface area contributed by atoms with Crippen molar-refractivity contribution in [1.82, 2.24) is 4.72 Å². The molecule has 8 heteroatoms. The van der Waals surface area contributed by atoms with Gasteiger partial charge in [-0.2, -0.15) is 0 Å². The number of unbranched alkanes of at least 4 members (excludes halogenated alkanes) is 1. The summed E-state index contributed by atoms with van der Waals surface area (Å²) in [5.74, 6) is 0.196. The van der Waals surface area contributed by atoms with Crippen LogP contribution >= 0.6 is 15.9 Å². The summed E-state index contributed by atoms with van der Waals surface area (Å²) in [6.07, 6.45) is 1.48. The Morgan fingerprint density at radius 3 is 2.78 bits per heavy atom. The number of halogens is 1. The summed E-state index contributed by atoms with van der Waals surface area (Å²) in [5, 5.41) is 8.87. The molecule has 1 aromatic heterocycles. The van der Waals surface area contributed by atoms with Gasteiger partial charge in [0.25, 0.3) is 0 Å². The third-order valence-corrected chi connectivity index (χ3v) is 4.54. The molecule has 0 radical (unpaired) electrons. The van der Waals surface area contributed by atoms with Crippen molar-refractivity contribution in [3.05, 3.63) is 16.5 Å². The van der Waals surface area contributed by atoms with E-state index in [0.717, 1.165) is 6.42 Å². The van der Waals surface area contributed by atoms with E-state index in [-0.39, 0.29) is 21.9 Å². The minimum absolute atomic E-state index is 0.00158. The highest BCUT2D eigenvalue weighted by molar-refractivity contribution is 9.10. The van der Waals surface area contributed by atoms with Crippen LogP contribution in [0.1, 0.15) is 18.6 Å². The number of ether oxygens (including phenoxy) is 1. The Morgan fingerprint density at radius 2 is 2.22 bits per heavy atom. The van der Waals surface area contributed by atoms with Gasteiger partial charge in [-0.25, -0.2) is 13.1 Å². The lowest BCUT2D eigenvalue weighted by Crippen LogP contribution is -2.24. The smallest absolute Gasteiger partial charge is 0.244 e. The van der Waals surface area contributed by atoms with Crippen molar-refractivity contribution in [2.24, 2.45) is 0 Å². The minimum atomic E-state index is -3.61. The summed E-state index contributed by atoms with van der Waals surface area (Å²) in [4.78, 5) is -0.00158. The van der Waals surface area contributed by atoms with Gasteiger partial charge in [-0.05, 0) is 28.8 Å². The molecule has 2 N–H and O–H groups in total. The molecule has 0 amide bonds. The average Bonchev–Trinajstić information content (AvgIpc) is 2.71. The Morgan fingerprint density at radius 1 is 1.50 bits per heavy atom. The van der Waals surface area contributed by atoms with Crippen molar-refractivity contribution in [2.75, 3.05) is 20.3 Å². The zero-order valence-electron chi connectivity index (χ0n) is 9.98. The fourth-order valence-electron chi connectivity index (χ4n) is 1.31. The summed E-state index contributed by atoms with van der Waals surface area (Å²) in [5.41, 5.74) is 0. The Kier molecular flexibility index (Phi) is 6.30. The molecule has 0 aliphatic heterocycles. The van der Waals surface area contributed by atoms with E-state index < -0.39 is 10.0 Å². The van der Waals surface area contributed by atoms with Gasteiger partial charge in [0.2, 0.25) is 10.0 Å². The molecule has 0 fully saturated rings. The predicted molar refractivity (Wildman–Crippen MR) is 68.6 cm³/mol. The Balaban J connectivity index is 2.60. The average molecular weight is 342 g/mol. The van der Waals surface area contributed by atoms with Crippen molar-refractivity contribution in [2.45, 2.75) is 24.3 Å². The number of furan rings is 1. The summed E-state index contributed by atoms with van der Waals surface area (Å²) in [6.45, 7) is 0.589. The first-order chi connectivity index (χ1) is 8.51. The van der Waals surface area contributed by atoms with Crippen LogP contribution in [0, 0.1) is 0 Å². The predicted octanol–water partition coefficient (Wildman–Crippen LogP) is 1.24. The van der Waals surface area contributed by atoms with Crippen molar-refractivity contribution >= 4 is 26.0 Å². The molecule has 18 heavy (non-hydrogen) atoms. The van der Waals surface area contributed by atoms with E-state index >= 15 is 0 Å². The van der Waals surface area contributed by atoms with E-state index in [2.05, 4.69) is 20.7 Å². The highest BCUT2D eigenvalue weighted by Crippen LogP contribution is 2.25. The maximum atomic E-state index is 11.9. The van der Waals surface area contributed by atoms with Crippen LogP contribution < -0.4 is 4.72 Å². The monoisotopic (exact) mass is 341 g/mol. The van der Waals surface area contributed by atoms with Crippen molar-refractivity contribution in [3.63, 3.8) is 0 Å². The van der Waals surface area contributed by atoms with E-state index in [1.807, 2.05) is 0 Å². The number of hydrogen-bond donors (Lipinski definition) is 2. The number of rotatable bonds is 8. The topological polar surface area (TPSA) is 88.8 Å². The SMILES string of the molecule is COCCCCNS(=O)(=O)c1cc(CO)oc1Br. The first-order valence-electron chi connectivity index (χ1n) is 5.39. The van der Waals surface area contributed by atoms with Crippen LogP contribution in [0.2, 0.25) is 0 Å². The molecule has 0 bridgehead atoms. The normalized spacial score (nSPS) is 11.9. The molecular formula is C10H16BrNO5S. The van der Waals surface area contributed by atoms with Gasteiger partial charge in [0, 0.05) is 26.3 Å². The van der Waals surface area contributed by atoms with Crippen LogP contribution in [0.15, 0.2) is 20.0 Å². The molecule has 0 saturated heterocycles. The third-order valence-electron chi connectivity index (χ3n) is 2.22. The summed E-state index contributed by atoms with van der Waals surface area (Å²) in [7, 11) is -2.01. The Labute approximate surface area is 115 Å². The van der Waals surface area contributed by atoms with Gasteiger partial charge in [0.1, 0.15) is 17.3 Å². The van der Waals surface area contributed by atoms with Crippen LogP contribution in [0.3, 0.4) is 0 Å². The highest BCUT2D eigenvalue weighted by atomic mass is 79.9. The molecule has 0 spiro atoms. The van der Waals surface area contributed by atoms with E-state index in [1.54, 1.807) is 7.11 Å². The van der Waals surface area contributed by atoms with Gasteiger partial charge in [-0.1, -0.05) is 0 Å². The van der Waals surface area contributed by atoms with Crippen molar-refractivity contribution < 1.29 is 22.7 Å². The Bertz CT molecular complexity index is 471. The summed E-state index contributed by atoms with van der Waals surface area (Å²) < 4.78 is 36.2. The van der Waals surface area contributed by atoms with Crippen molar-refractivity contribution in [1.29, 1.82) is 0 Å². The largest absolute Gasteiger partial charge is 0.450 e. The molecule has 1 rings (SSSR count). The highest BCUT2D eigenvalue weighted by Gasteiger charge is 2.21. The lowest BCUT2D eigenvalue weighted by Gasteiger charge is -2.04. The van der Waals surface area contributed by atoms with Gasteiger partial charge in [0.05, 0.1) is 0 Å². The fraction of sp³-hybridized carbons (Fsp3) is 0.600. The molecule has 0 aliphatic carbocycles. The second-order valence-corrected chi connectivity index (χ2v) is 6.06. The maximum absolute atomic E-state index is 11.9. The van der Waals surface area contributed by atoms with Crippen LogP contribution in [-0.2, 0) is 21.4 Å². The van der Waals surface area contributed by atoms with Crippen LogP contribution in [-0.4, -0.2) is 33.8 Å². The quantitative estimate of drug-likeness (QED) is 0.694. The number of methoxy groups -OCH3 is 1. The molecule has 0 aliphatic rings. The summed E-state index contributed by atoms with van der Waals surface area (Å²) in [6, 6.07) is 1.29. The number of nitrogens with one attached hydrogen (secondary N) is 1. The zero-order valence-corrected chi connectivity index (χ0v) is 12.4. The fourth-order valence-corrected chi connectivity index (χ4v) is 3.38. The molecule has 104 valence electrons. The van der Waals surface area contributed by atoms with Gasteiger partial charge < -0.3 is 14.3 Å². The van der Waals surface area contributed by atoms with Gasteiger partial charge in [-0.15, -0.1) is 0 Å². The number of aliphatic hydroxyl groups excluding tert-OH is 1. The van der Waals surface area contributed by atoms with Gasteiger partial charge in [0.15, 0.2) is 4.67 Å². The van der Waals surface area contributed by atoms with Gasteiger partial charge in [-0.3, -0.25) is 0 Å². The minimum Gasteiger partial charge on any atom is -0.450 e. The Hall–Kier alpha value is -0.410. The second-order valence-electron chi connectivity index (χ2n) is 3.61. The van der Waals surface area contributed by atoms with E-state index in [4.69, 9.17) is 14.3 Å². The molecule has 0 atom stereocenters. The standard InChI is InChI=1S/C10H16BrNO5S/c1-16-5-3-2-4-12-18(14,15)9-6-8(7-13)17-10(9)11/h6,12-13H,2-5,7H2,1H3. The van der Waals surface area contributed by atoms with E-state index in [0.29, 0.717) is 19.6 Å². The first-order valence-corrected chi connectivity index (χ1v) is 7.66. The maximum Gasteiger partial charge on any atom is 0.244 e. The molecule has 1 aromatic rings. The van der Waals surface area contributed by atoms with E-state index in [9.17, 15) is 8.42 Å².